The SMILES string of the molecule is Cc1nc(CC(=O)N2CCC3(CC2)C[C@@H](O)[C@@H](O)CO3)cs1. The highest BCUT2D eigenvalue weighted by atomic mass is 32.1. The number of aliphatic hydroxyl groups is 2. The summed E-state index contributed by atoms with van der Waals surface area (Å²) in [5, 5.41) is 22.3. The first-order valence-corrected chi connectivity index (χ1v) is 8.54. The summed E-state index contributed by atoms with van der Waals surface area (Å²) in [6.45, 7) is 3.37. The molecular weight excluding hydrogens is 304 g/mol. The Labute approximate surface area is 133 Å². The number of hydrogen-bond donors (Lipinski definition) is 2. The molecule has 2 aliphatic heterocycles. The molecule has 0 bridgehead atoms. The van der Waals surface area contributed by atoms with Crippen LogP contribution in [0.25, 0.3) is 0 Å². The lowest BCUT2D eigenvalue weighted by Crippen LogP contribution is -2.55. The van der Waals surface area contributed by atoms with E-state index in [9.17, 15) is 15.0 Å². The van der Waals surface area contributed by atoms with E-state index >= 15 is 0 Å². The number of aliphatic hydroxyl groups excluding tert-OH is 2. The fourth-order valence-electron chi connectivity index (χ4n) is 3.22. The minimum atomic E-state index is -0.793. The monoisotopic (exact) mass is 326 g/mol. The Hall–Kier alpha value is -1.02. The van der Waals surface area contributed by atoms with Crippen LogP contribution in [0.2, 0.25) is 0 Å². The van der Waals surface area contributed by atoms with Crippen LogP contribution in [0.4, 0.5) is 0 Å². The molecule has 1 aromatic rings. The van der Waals surface area contributed by atoms with E-state index in [-0.39, 0.29) is 18.1 Å². The Morgan fingerprint density at radius 2 is 2.18 bits per heavy atom. The van der Waals surface area contributed by atoms with Crippen LogP contribution in [0.3, 0.4) is 0 Å². The summed E-state index contributed by atoms with van der Waals surface area (Å²) in [5.74, 6) is 0.0940. The topological polar surface area (TPSA) is 82.9 Å². The number of hydrogen-bond acceptors (Lipinski definition) is 6. The summed E-state index contributed by atoms with van der Waals surface area (Å²) in [5.41, 5.74) is 0.451. The number of nitrogens with zero attached hydrogens (tertiary/aromatic N) is 2. The summed E-state index contributed by atoms with van der Waals surface area (Å²) >= 11 is 1.56. The number of aromatic nitrogens is 1. The van der Waals surface area contributed by atoms with Gasteiger partial charge in [-0.15, -0.1) is 11.3 Å². The molecule has 1 spiro atoms. The van der Waals surface area contributed by atoms with Crippen LogP contribution in [-0.2, 0) is 16.0 Å². The molecule has 1 aromatic heterocycles. The second kappa shape index (κ2) is 6.23. The Kier molecular flexibility index (Phi) is 4.49. The van der Waals surface area contributed by atoms with Crippen molar-refractivity contribution in [3.63, 3.8) is 0 Å². The Morgan fingerprint density at radius 1 is 1.45 bits per heavy atom. The highest BCUT2D eigenvalue weighted by Gasteiger charge is 2.43. The molecule has 1 amide bonds. The van der Waals surface area contributed by atoms with Crippen molar-refractivity contribution in [3.8, 4) is 0 Å². The van der Waals surface area contributed by atoms with E-state index in [4.69, 9.17) is 4.74 Å². The van der Waals surface area contributed by atoms with Crippen molar-refractivity contribution in [2.75, 3.05) is 19.7 Å². The molecule has 122 valence electrons. The fourth-order valence-corrected chi connectivity index (χ4v) is 3.83. The predicted molar refractivity (Wildman–Crippen MR) is 81.7 cm³/mol. The molecule has 22 heavy (non-hydrogen) atoms. The third-order valence-corrected chi connectivity index (χ3v) is 5.43. The summed E-state index contributed by atoms with van der Waals surface area (Å²) in [6, 6.07) is 0. The van der Waals surface area contributed by atoms with Crippen molar-refractivity contribution in [3.05, 3.63) is 16.1 Å². The average Bonchev–Trinajstić information content (AvgIpc) is 2.89. The molecule has 0 aliphatic carbocycles. The molecule has 2 aliphatic rings. The zero-order valence-electron chi connectivity index (χ0n) is 12.7. The number of thiazole rings is 1. The lowest BCUT2D eigenvalue weighted by atomic mass is 9.82. The van der Waals surface area contributed by atoms with Crippen LogP contribution in [0.5, 0.6) is 0 Å². The van der Waals surface area contributed by atoms with Gasteiger partial charge in [-0.1, -0.05) is 0 Å². The third kappa shape index (κ3) is 3.32. The van der Waals surface area contributed by atoms with Gasteiger partial charge in [-0.25, -0.2) is 4.98 Å². The Morgan fingerprint density at radius 3 is 2.77 bits per heavy atom. The molecule has 2 fully saturated rings. The van der Waals surface area contributed by atoms with Crippen LogP contribution in [0.1, 0.15) is 30.0 Å². The van der Waals surface area contributed by atoms with Crippen molar-refractivity contribution >= 4 is 17.2 Å². The van der Waals surface area contributed by atoms with E-state index in [1.165, 1.54) is 0 Å². The average molecular weight is 326 g/mol. The van der Waals surface area contributed by atoms with Gasteiger partial charge in [0, 0.05) is 24.9 Å². The normalized spacial score (nSPS) is 28.0. The number of amides is 1. The minimum absolute atomic E-state index is 0.0940. The smallest absolute Gasteiger partial charge is 0.228 e. The molecular formula is C15H22N2O4S. The van der Waals surface area contributed by atoms with Gasteiger partial charge >= 0.3 is 0 Å². The summed E-state index contributed by atoms with van der Waals surface area (Å²) in [6.07, 6.45) is 0.685. The van der Waals surface area contributed by atoms with Crippen LogP contribution in [-0.4, -0.2) is 63.5 Å². The van der Waals surface area contributed by atoms with E-state index in [2.05, 4.69) is 4.98 Å². The molecule has 2 saturated heterocycles. The lowest BCUT2D eigenvalue weighted by Gasteiger charge is -2.46. The number of likely N-dealkylation sites (tertiary alicyclic amines) is 1. The summed E-state index contributed by atoms with van der Waals surface area (Å²) in [7, 11) is 0. The third-order valence-electron chi connectivity index (χ3n) is 4.61. The van der Waals surface area contributed by atoms with Crippen molar-refractivity contribution < 1.29 is 19.7 Å². The van der Waals surface area contributed by atoms with Gasteiger partial charge in [0.15, 0.2) is 0 Å². The molecule has 0 aromatic carbocycles. The number of ether oxygens (including phenoxy) is 1. The highest BCUT2D eigenvalue weighted by Crippen LogP contribution is 2.35. The summed E-state index contributed by atoms with van der Waals surface area (Å²) in [4.78, 5) is 18.5. The van der Waals surface area contributed by atoms with Gasteiger partial charge in [0.2, 0.25) is 5.91 Å². The second-order valence-electron chi connectivity index (χ2n) is 6.25. The molecule has 2 N–H and O–H groups in total. The minimum Gasteiger partial charge on any atom is -0.390 e. The zero-order valence-corrected chi connectivity index (χ0v) is 13.5. The van der Waals surface area contributed by atoms with Crippen LogP contribution < -0.4 is 0 Å². The van der Waals surface area contributed by atoms with Crippen LogP contribution in [0.15, 0.2) is 5.38 Å². The predicted octanol–water partition coefficient (Wildman–Crippen LogP) is 0.497. The van der Waals surface area contributed by atoms with Crippen molar-refractivity contribution in [1.82, 2.24) is 9.88 Å². The van der Waals surface area contributed by atoms with Crippen LogP contribution in [0, 0.1) is 6.92 Å². The number of piperidine rings is 1. The number of rotatable bonds is 2. The lowest BCUT2D eigenvalue weighted by molar-refractivity contribution is -0.188. The maximum Gasteiger partial charge on any atom is 0.228 e. The first-order valence-electron chi connectivity index (χ1n) is 7.66. The van der Waals surface area contributed by atoms with E-state index < -0.39 is 12.2 Å². The van der Waals surface area contributed by atoms with Crippen molar-refractivity contribution in [2.45, 2.75) is 50.4 Å². The van der Waals surface area contributed by atoms with Gasteiger partial charge in [0.05, 0.1) is 35.4 Å². The van der Waals surface area contributed by atoms with Gasteiger partial charge in [0.1, 0.15) is 6.10 Å². The standard InChI is InChI=1S/C15H22N2O4S/c1-10-16-11(9-22-10)6-14(20)17-4-2-15(3-5-17)7-12(18)13(19)8-21-15/h9,12-13,18-19H,2-8H2,1H3/t12-,13+/m1/s1. The highest BCUT2D eigenvalue weighted by molar-refractivity contribution is 7.09. The van der Waals surface area contributed by atoms with E-state index in [1.807, 2.05) is 17.2 Å². The van der Waals surface area contributed by atoms with Gasteiger partial charge in [0.25, 0.3) is 0 Å². The number of aryl methyl sites for hydroxylation is 1. The van der Waals surface area contributed by atoms with E-state index in [1.54, 1.807) is 11.3 Å². The number of carbonyl (C=O) groups excluding carboxylic acids is 1. The molecule has 0 saturated carbocycles. The Bertz CT molecular complexity index is 539. The van der Waals surface area contributed by atoms with Gasteiger partial charge in [-0.3, -0.25) is 4.79 Å². The fraction of sp³-hybridized carbons (Fsp3) is 0.733. The van der Waals surface area contributed by atoms with Crippen molar-refractivity contribution in [1.29, 1.82) is 0 Å². The number of carbonyl (C=O) groups is 1. The molecule has 2 atom stereocenters. The molecule has 6 nitrogen and oxygen atoms in total. The zero-order chi connectivity index (χ0) is 15.7. The maximum atomic E-state index is 12.3. The van der Waals surface area contributed by atoms with Crippen molar-refractivity contribution in [2.24, 2.45) is 0 Å². The largest absolute Gasteiger partial charge is 0.390 e. The van der Waals surface area contributed by atoms with Gasteiger partial charge in [-0.2, -0.15) is 0 Å². The molecule has 3 heterocycles. The second-order valence-corrected chi connectivity index (χ2v) is 7.31. The molecule has 0 radical (unpaired) electrons. The first-order chi connectivity index (χ1) is 10.5. The quantitative estimate of drug-likeness (QED) is 0.827. The Balaban J connectivity index is 1.54. The van der Waals surface area contributed by atoms with Gasteiger partial charge < -0.3 is 19.8 Å². The van der Waals surface area contributed by atoms with Crippen LogP contribution >= 0.6 is 11.3 Å². The van der Waals surface area contributed by atoms with E-state index in [0.29, 0.717) is 38.8 Å². The molecule has 3 rings (SSSR count). The summed E-state index contributed by atoms with van der Waals surface area (Å²) < 4.78 is 5.78. The van der Waals surface area contributed by atoms with E-state index in [0.717, 1.165) is 10.7 Å². The van der Waals surface area contributed by atoms with Gasteiger partial charge in [-0.05, 0) is 19.8 Å². The maximum absolute atomic E-state index is 12.3. The molecule has 7 heteroatoms. The first kappa shape index (κ1) is 15.9. The molecule has 0 unspecified atom stereocenters.